The molecule has 0 aliphatic carbocycles. The minimum Gasteiger partial charge on any atom is -0.387 e. The summed E-state index contributed by atoms with van der Waals surface area (Å²) in [6, 6.07) is 7.44. The van der Waals surface area contributed by atoms with Crippen LogP contribution in [0.1, 0.15) is 25.3 Å². The van der Waals surface area contributed by atoms with Gasteiger partial charge in [0, 0.05) is 25.2 Å². The highest BCUT2D eigenvalue weighted by Crippen LogP contribution is 2.17. The fraction of sp³-hybridized carbons (Fsp3) is 0.467. The molecule has 1 heterocycles. The van der Waals surface area contributed by atoms with Crippen molar-refractivity contribution in [2.24, 2.45) is 11.7 Å². The van der Waals surface area contributed by atoms with E-state index in [-0.39, 0.29) is 11.9 Å². The zero-order valence-electron chi connectivity index (χ0n) is 11.9. The summed E-state index contributed by atoms with van der Waals surface area (Å²) < 4.78 is 0. The molecule has 0 spiro atoms. The van der Waals surface area contributed by atoms with E-state index in [1.165, 1.54) is 6.42 Å². The topological polar surface area (TPSA) is 82.2 Å². The zero-order valence-corrected chi connectivity index (χ0v) is 11.9. The highest BCUT2D eigenvalue weighted by molar-refractivity contribution is 5.89. The van der Waals surface area contributed by atoms with Crippen LogP contribution in [0.4, 0.5) is 10.5 Å². The Balaban J connectivity index is 1.92. The van der Waals surface area contributed by atoms with Crippen LogP contribution in [0.15, 0.2) is 24.3 Å². The minimum atomic E-state index is -0.0316. The Morgan fingerprint density at radius 2 is 2.15 bits per heavy atom. The molecule has 5 nitrogen and oxygen atoms in total. The minimum absolute atomic E-state index is 0.0316. The second-order valence-electron chi connectivity index (χ2n) is 5.52. The van der Waals surface area contributed by atoms with Gasteiger partial charge in [-0.2, -0.15) is 0 Å². The van der Waals surface area contributed by atoms with Gasteiger partial charge in [-0.25, -0.2) is 4.79 Å². The fourth-order valence-corrected chi connectivity index (χ4v) is 2.50. The van der Waals surface area contributed by atoms with Gasteiger partial charge < -0.3 is 16.0 Å². The summed E-state index contributed by atoms with van der Waals surface area (Å²) in [5, 5.41) is 10.2. The van der Waals surface area contributed by atoms with E-state index in [1.54, 1.807) is 0 Å². The maximum Gasteiger partial charge on any atom is 0.321 e. The smallest absolute Gasteiger partial charge is 0.321 e. The molecule has 1 unspecified atom stereocenters. The molecule has 0 saturated carbocycles. The van der Waals surface area contributed by atoms with Crippen LogP contribution in [0.2, 0.25) is 0 Å². The predicted molar refractivity (Wildman–Crippen MR) is 81.0 cm³/mol. The zero-order chi connectivity index (χ0) is 14.5. The summed E-state index contributed by atoms with van der Waals surface area (Å²) in [7, 11) is 0. The third-order valence-electron chi connectivity index (χ3n) is 3.54. The van der Waals surface area contributed by atoms with E-state index < -0.39 is 0 Å². The number of likely N-dealkylation sites (tertiary alicyclic amines) is 1. The monoisotopic (exact) mass is 274 g/mol. The number of amides is 2. The van der Waals surface area contributed by atoms with E-state index in [1.807, 2.05) is 29.2 Å². The van der Waals surface area contributed by atoms with Crippen molar-refractivity contribution >= 4 is 17.6 Å². The molecule has 20 heavy (non-hydrogen) atoms. The summed E-state index contributed by atoms with van der Waals surface area (Å²) in [4.78, 5) is 14.0. The second kappa shape index (κ2) is 6.41. The summed E-state index contributed by atoms with van der Waals surface area (Å²) in [6.45, 7) is 3.84. The molecule has 1 aromatic rings. The van der Waals surface area contributed by atoms with Gasteiger partial charge >= 0.3 is 6.03 Å². The van der Waals surface area contributed by atoms with Crippen LogP contribution in [-0.2, 0) is 6.42 Å². The van der Waals surface area contributed by atoms with Crippen molar-refractivity contribution in [2.45, 2.75) is 26.2 Å². The highest BCUT2D eigenvalue weighted by atomic mass is 16.2. The van der Waals surface area contributed by atoms with Crippen LogP contribution >= 0.6 is 0 Å². The number of anilines is 1. The fourth-order valence-electron chi connectivity index (χ4n) is 2.50. The van der Waals surface area contributed by atoms with E-state index in [0.717, 1.165) is 30.8 Å². The van der Waals surface area contributed by atoms with Crippen LogP contribution in [0.3, 0.4) is 0 Å². The lowest BCUT2D eigenvalue weighted by molar-refractivity contribution is 0.182. The number of hydrogen-bond acceptors (Lipinski definition) is 2. The maximum absolute atomic E-state index is 12.1. The molecule has 0 aromatic heterocycles. The molecular weight excluding hydrogens is 252 g/mol. The Kier molecular flexibility index (Phi) is 4.61. The van der Waals surface area contributed by atoms with E-state index in [0.29, 0.717) is 12.3 Å². The van der Waals surface area contributed by atoms with Crippen molar-refractivity contribution in [3.05, 3.63) is 29.8 Å². The lowest BCUT2D eigenvalue weighted by atomic mass is 10.0. The first-order chi connectivity index (χ1) is 9.54. The number of urea groups is 1. The van der Waals surface area contributed by atoms with Gasteiger partial charge in [0.15, 0.2) is 0 Å². The third-order valence-corrected chi connectivity index (χ3v) is 3.54. The summed E-state index contributed by atoms with van der Waals surface area (Å²) in [5.74, 6) is 0.719. The Bertz CT molecular complexity index is 483. The molecule has 1 aliphatic rings. The third kappa shape index (κ3) is 3.98. The number of benzene rings is 1. The normalized spacial score (nSPS) is 18.6. The van der Waals surface area contributed by atoms with E-state index >= 15 is 0 Å². The molecule has 2 rings (SSSR count). The molecule has 1 saturated heterocycles. The van der Waals surface area contributed by atoms with Gasteiger partial charge in [0.2, 0.25) is 0 Å². The number of amidine groups is 1. The summed E-state index contributed by atoms with van der Waals surface area (Å²) in [5.41, 5.74) is 7.11. The molecule has 1 atom stereocenters. The quantitative estimate of drug-likeness (QED) is 0.584. The second-order valence-corrected chi connectivity index (χ2v) is 5.52. The Hall–Kier alpha value is -2.04. The molecule has 2 amide bonds. The van der Waals surface area contributed by atoms with Crippen LogP contribution in [-0.4, -0.2) is 29.9 Å². The average molecular weight is 274 g/mol. The van der Waals surface area contributed by atoms with Crippen LogP contribution < -0.4 is 11.1 Å². The van der Waals surface area contributed by atoms with Gasteiger partial charge in [0.25, 0.3) is 0 Å². The number of piperidine rings is 1. The van der Waals surface area contributed by atoms with Crippen molar-refractivity contribution in [3.8, 4) is 0 Å². The molecule has 0 bridgehead atoms. The number of nitrogens with two attached hydrogens (primary N) is 1. The summed E-state index contributed by atoms with van der Waals surface area (Å²) >= 11 is 0. The van der Waals surface area contributed by atoms with E-state index in [4.69, 9.17) is 11.1 Å². The first-order valence-corrected chi connectivity index (χ1v) is 7.02. The van der Waals surface area contributed by atoms with Crippen molar-refractivity contribution in [2.75, 3.05) is 18.4 Å². The van der Waals surface area contributed by atoms with Gasteiger partial charge in [-0.3, -0.25) is 5.41 Å². The predicted octanol–water partition coefficient (Wildman–Crippen LogP) is 2.43. The number of hydrogen-bond donors (Lipinski definition) is 3. The molecule has 0 radical (unpaired) electrons. The number of rotatable bonds is 3. The van der Waals surface area contributed by atoms with Crippen LogP contribution in [0.5, 0.6) is 0 Å². The lowest BCUT2D eigenvalue weighted by Crippen LogP contribution is -2.41. The first kappa shape index (κ1) is 14.4. The molecule has 1 fully saturated rings. The van der Waals surface area contributed by atoms with Gasteiger partial charge in [-0.05, 0) is 36.5 Å². The van der Waals surface area contributed by atoms with Gasteiger partial charge in [-0.1, -0.05) is 19.1 Å². The molecule has 1 aliphatic heterocycles. The maximum atomic E-state index is 12.1. The average Bonchev–Trinajstić information content (AvgIpc) is 2.40. The van der Waals surface area contributed by atoms with Gasteiger partial charge in [0.1, 0.15) is 0 Å². The SMILES string of the molecule is CC1CCCN(C(=O)Nc2ccc(CC(=N)N)cc2)C1. The molecular formula is C15H22N4O. The number of nitrogens with zero attached hydrogens (tertiary/aromatic N) is 1. The van der Waals surface area contributed by atoms with Crippen LogP contribution in [0.25, 0.3) is 0 Å². The van der Waals surface area contributed by atoms with Gasteiger partial charge in [-0.15, -0.1) is 0 Å². The van der Waals surface area contributed by atoms with Crippen molar-refractivity contribution in [1.82, 2.24) is 4.90 Å². The van der Waals surface area contributed by atoms with E-state index in [2.05, 4.69) is 12.2 Å². The molecule has 4 N–H and O–H groups in total. The van der Waals surface area contributed by atoms with Gasteiger partial charge in [0.05, 0.1) is 5.84 Å². The first-order valence-electron chi connectivity index (χ1n) is 7.02. The highest BCUT2D eigenvalue weighted by Gasteiger charge is 2.20. The van der Waals surface area contributed by atoms with E-state index in [9.17, 15) is 4.79 Å². The number of carbonyl (C=O) groups excluding carboxylic acids is 1. The summed E-state index contributed by atoms with van der Waals surface area (Å²) in [6.07, 6.45) is 2.72. The molecule has 1 aromatic carbocycles. The largest absolute Gasteiger partial charge is 0.387 e. The van der Waals surface area contributed by atoms with Crippen molar-refractivity contribution in [1.29, 1.82) is 5.41 Å². The number of nitrogens with one attached hydrogen (secondary N) is 2. The lowest BCUT2D eigenvalue weighted by Gasteiger charge is -2.30. The van der Waals surface area contributed by atoms with Crippen molar-refractivity contribution < 1.29 is 4.79 Å². The van der Waals surface area contributed by atoms with Crippen molar-refractivity contribution in [3.63, 3.8) is 0 Å². The molecule has 5 heteroatoms. The molecule has 108 valence electrons. The Labute approximate surface area is 119 Å². The number of carbonyl (C=O) groups is 1. The standard InChI is InChI=1S/C15H22N4O/c1-11-3-2-8-19(10-11)15(20)18-13-6-4-12(5-7-13)9-14(16)17/h4-7,11H,2-3,8-10H2,1H3,(H3,16,17)(H,18,20). The van der Waals surface area contributed by atoms with Crippen LogP contribution in [0, 0.1) is 11.3 Å². The Morgan fingerprint density at radius 3 is 2.75 bits per heavy atom. The Morgan fingerprint density at radius 1 is 1.45 bits per heavy atom.